The van der Waals surface area contributed by atoms with Gasteiger partial charge >= 0.3 is 0 Å². The third-order valence-electron chi connectivity index (χ3n) is 4.67. The van der Waals surface area contributed by atoms with Crippen molar-refractivity contribution < 1.29 is 9.59 Å². The van der Waals surface area contributed by atoms with E-state index in [1.807, 2.05) is 54.6 Å². The molecule has 2 aromatic carbocycles. The number of rotatable bonds is 3. The Morgan fingerprint density at radius 1 is 1.07 bits per heavy atom. The van der Waals surface area contributed by atoms with Crippen LogP contribution in [0.4, 0.5) is 11.4 Å². The topological polar surface area (TPSA) is 62.3 Å². The highest BCUT2D eigenvalue weighted by molar-refractivity contribution is 7.99. The van der Waals surface area contributed by atoms with Crippen LogP contribution < -0.4 is 10.2 Å². The molecule has 4 rings (SSSR count). The molecule has 1 N–H and O–H groups in total. The summed E-state index contributed by atoms with van der Waals surface area (Å²) in [5.74, 6) is -0.109. The van der Waals surface area contributed by atoms with Crippen LogP contribution in [0.1, 0.15) is 13.8 Å². The minimum absolute atomic E-state index is 0.123. The monoisotopic (exact) mass is 377 g/mol. The maximum Gasteiger partial charge on any atom is 0.250 e. The number of amides is 2. The first kappa shape index (κ1) is 17.5. The second-order valence-electron chi connectivity index (χ2n) is 6.89. The Labute approximate surface area is 161 Å². The van der Waals surface area contributed by atoms with E-state index in [0.29, 0.717) is 5.69 Å². The Bertz CT molecular complexity index is 1050. The molecule has 0 aliphatic carbocycles. The molecule has 1 aliphatic heterocycles. The number of benzene rings is 2. The molecule has 1 aromatic heterocycles. The number of aromatic nitrogens is 1. The zero-order valence-corrected chi connectivity index (χ0v) is 15.9. The summed E-state index contributed by atoms with van der Waals surface area (Å²) in [5, 5.41) is 4.73. The SMILES string of the molecule is CC1(C)C(=O)Nc2ccccc2N1C(=O)CSc1ccc2ccccc2n1. The van der Waals surface area contributed by atoms with Gasteiger partial charge in [-0.15, -0.1) is 0 Å². The van der Waals surface area contributed by atoms with Gasteiger partial charge in [-0.1, -0.05) is 48.2 Å². The fraction of sp³-hybridized carbons (Fsp3) is 0.190. The van der Waals surface area contributed by atoms with E-state index in [1.165, 1.54) is 11.8 Å². The van der Waals surface area contributed by atoms with Crippen molar-refractivity contribution in [3.8, 4) is 0 Å². The third-order valence-corrected chi connectivity index (χ3v) is 5.59. The summed E-state index contributed by atoms with van der Waals surface area (Å²) >= 11 is 1.38. The number of hydrogen-bond acceptors (Lipinski definition) is 4. The normalized spacial score (nSPS) is 15.3. The number of pyridine rings is 1. The van der Waals surface area contributed by atoms with Gasteiger partial charge in [0.2, 0.25) is 11.8 Å². The fourth-order valence-electron chi connectivity index (χ4n) is 3.23. The van der Waals surface area contributed by atoms with Crippen LogP contribution >= 0.6 is 11.8 Å². The zero-order chi connectivity index (χ0) is 19.0. The first-order valence-corrected chi connectivity index (χ1v) is 9.67. The van der Waals surface area contributed by atoms with Crippen LogP contribution in [0.3, 0.4) is 0 Å². The van der Waals surface area contributed by atoms with Crippen LogP contribution in [0.5, 0.6) is 0 Å². The van der Waals surface area contributed by atoms with E-state index >= 15 is 0 Å². The van der Waals surface area contributed by atoms with Crippen LogP contribution in [0.25, 0.3) is 10.9 Å². The summed E-state index contributed by atoms with van der Waals surface area (Å²) in [6, 6.07) is 19.2. The second kappa shape index (κ2) is 6.70. The van der Waals surface area contributed by atoms with Crippen LogP contribution in [0.15, 0.2) is 65.7 Å². The number of thioether (sulfide) groups is 1. The van der Waals surface area contributed by atoms with E-state index < -0.39 is 5.54 Å². The van der Waals surface area contributed by atoms with Gasteiger partial charge in [-0.3, -0.25) is 14.5 Å². The maximum absolute atomic E-state index is 13.1. The molecule has 0 saturated heterocycles. The van der Waals surface area contributed by atoms with Crippen molar-refractivity contribution >= 4 is 45.9 Å². The molecule has 0 unspecified atom stereocenters. The van der Waals surface area contributed by atoms with Crippen LogP contribution in [0, 0.1) is 0 Å². The van der Waals surface area contributed by atoms with Crippen molar-refractivity contribution in [2.45, 2.75) is 24.4 Å². The van der Waals surface area contributed by atoms with Crippen molar-refractivity contribution in [1.82, 2.24) is 4.98 Å². The lowest BCUT2D eigenvalue weighted by Gasteiger charge is -2.42. The molecule has 6 heteroatoms. The van der Waals surface area contributed by atoms with Gasteiger partial charge in [0, 0.05) is 5.39 Å². The molecule has 0 fully saturated rings. The molecule has 3 aromatic rings. The first-order chi connectivity index (χ1) is 13.0. The molecule has 0 spiro atoms. The second-order valence-corrected chi connectivity index (χ2v) is 7.89. The fourth-order valence-corrected chi connectivity index (χ4v) is 3.95. The quantitative estimate of drug-likeness (QED) is 0.699. The van der Waals surface area contributed by atoms with Crippen LogP contribution in [-0.2, 0) is 9.59 Å². The van der Waals surface area contributed by atoms with Crippen LogP contribution in [0.2, 0.25) is 0 Å². The van der Waals surface area contributed by atoms with E-state index in [1.54, 1.807) is 24.8 Å². The van der Waals surface area contributed by atoms with Gasteiger partial charge in [0.05, 0.1) is 27.7 Å². The molecule has 136 valence electrons. The summed E-state index contributed by atoms with van der Waals surface area (Å²) < 4.78 is 0. The summed E-state index contributed by atoms with van der Waals surface area (Å²) in [7, 11) is 0. The van der Waals surface area contributed by atoms with Gasteiger partial charge in [0.25, 0.3) is 0 Å². The van der Waals surface area contributed by atoms with Gasteiger partial charge in [0.15, 0.2) is 0 Å². The lowest BCUT2D eigenvalue weighted by Crippen LogP contribution is -2.58. The molecule has 0 saturated carbocycles. The highest BCUT2D eigenvalue weighted by Gasteiger charge is 2.43. The number of nitrogens with one attached hydrogen (secondary N) is 1. The number of anilines is 2. The summed E-state index contributed by atoms with van der Waals surface area (Å²) in [4.78, 5) is 31.7. The van der Waals surface area contributed by atoms with Crippen molar-refractivity contribution in [2.24, 2.45) is 0 Å². The molecule has 2 heterocycles. The predicted molar refractivity (Wildman–Crippen MR) is 109 cm³/mol. The minimum atomic E-state index is -0.956. The zero-order valence-electron chi connectivity index (χ0n) is 15.1. The molecule has 0 bridgehead atoms. The Kier molecular flexibility index (Phi) is 4.36. The maximum atomic E-state index is 13.1. The Balaban J connectivity index is 1.58. The third kappa shape index (κ3) is 3.17. The summed E-state index contributed by atoms with van der Waals surface area (Å²) in [5.41, 5.74) is 1.32. The van der Waals surface area contributed by atoms with Gasteiger partial charge in [0.1, 0.15) is 5.54 Å². The Hall–Kier alpha value is -2.86. The van der Waals surface area contributed by atoms with E-state index in [2.05, 4.69) is 10.3 Å². The standard InChI is InChI=1S/C21H19N3O2S/c1-21(2)20(26)23-16-9-5-6-10-17(16)24(21)19(25)13-27-18-12-11-14-7-3-4-8-15(14)22-18/h3-12H,13H2,1-2H3,(H,23,26). The molecule has 2 amide bonds. The van der Waals surface area contributed by atoms with Crippen molar-refractivity contribution in [2.75, 3.05) is 16.0 Å². The van der Waals surface area contributed by atoms with Gasteiger partial charge in [-0.2, -0.15) is 0 Å². The van der Waals surface area contributed by atoms with E-state index in [9.17, 15) is 9.59 Å². The molecule has 5 nitrogen and oxygen atoms in total. The average molecular weight is 377 g/mol. The number of hydrogen-bond donors (Lipinski definition) is 1. The van der Waals surface area contributed by atoms with E-state index in [-0.39, 0.29) is 17.6 Å². The first-order valence-electron chi connectivity index (χ1n) is 8.69. The molecule has 0 radical (unpaired) electrons. The number of para-hydroxylation sites is 3. The number of fused-ring (bicyclic) bond motifs is 2. The molecule has 1 aliphatic rings. The number of nitrogens with zero attached hydrogens (tertiary/aromatic N) is 2. The van der Waals surface area contributed by atoms with E-state index in [0.717, 1.165) is 21.6 Å². The molecular formula is C21H19N3O2S. The smallest absolute Gasteiger partial charge is 0.250 e. The number of carbonyl (C=O) groups is 2. The predicted octanol–water partition coefficient (Wildman–Crippen LogP) is 4.09. The highest BCUT2D eigenvalue weighted by Crippen LogP contribution is 2.37. The number of carbonyl (C=O) groups excluding carboxylic acids is 2. The van der Waals surface area contributed by atoms with E-state index in [4.69, 9.17) is 0 Å². The Morgan fingerprint density at radius 2 is 1.81 bits per heavy atom. The molecular weight excluding hydrogens is 358 g/mol. The minimum Gasteiger partial charge on any atom is -0.322 e. The van der Waals surface area contributed by atoms with Crippen molar-refractivity contribution in [1.29, 1.82) is 0 Å². The van der Waals surface area contributed by atoms with Crippen LogP contribution in [-0.4, -0.2) is 28.1 Å². The summed E-state index contributed by atoms with van der Waals surface area (Å²) in [6.45, 7) is 3.52. The lowest BCUT2D eigenvalue weighted by molar-refractivity contribution is -0.125. The van der Waals surface area contributed by atoms with Crippen molar-refractivity contribution in [3.63, 3.8) is 0 Å². The highest BCUT2D eigenvalue weighted by atomic mass is 32.2. The van der Waals surface area contributed by atoms with Gasteiger partial charge in [-0.05, 0) is 38.1 Å². The van der Waals surface area contributed by atoms with Gasteiger partial charge < -0.3 is 5.32 Å². The molecule has 0 atom stereocenters. The molecule has 27 heavy (non-hydrogen) atoms. The van der Waals surface area contributed by atoms with Gasteiger partial charge in [-0.25, -0.2) is 4.98 Å². The summed E-state index contributed by atoms with van der Waals surface area (Å²) in [6.07, 6.45) is 0. The largest absolute Gasteiger partial charge is 0.322 e. The van der Waals surface area contributed by atoms with Crippen molar-refractivity contribution in [3.05, 3.63) is 60.7 Å². The lowest BCUT2D eigenvalue weighted by atomic mass is 9.96. The average Bonchev–Trinajstić information content (AvgIpc) is 2.67. The Morgan fingerprint density at radius 3 is 2.67 bits per heavy atom.